The molecule has 0 spiro atoms. The van der Waals surface area contributed by atoms with E-state index >= 15 is 0 Å². The minimum atomic E-state index is -0.437. The molecule has 0 aliphatic heterocycles. The van der Waals surface area contributed by atoms with E-state index in [4.69, 9.17) is 16.7 Å². The Morgan fingerprint density at radius 3 is 2.86 bits per heavy atom. The van der Waals surface area contributed by atoms with Crippen LogP contribution >= 0.6 is 11.6 Å². The van der Waals surface area contributed by atoms with E-state index in [0.29, 0.717) is 12.2 Å². The molecule has 0 fully saturated rings. The van der Waals surface area contributed by atoms with Gasteiger partial charge >= 0.3 is 0 Å². The second-order valence-electron chi connectivity index (χ2n) is 3.30. The fourth-order valence-corrected chi connectivity index (χ4v) is 1.08. The summed E-state index contributed by atoms with van der Waals surface area (Å²) in [5.41, 5.74) is 0.673. The number of hydrogen-bond acceptors (Lipinski definition) is 2. The topological polar surface area (TPSA) is 32.3 Å². The molecular weight excluding hydrogens is 205 g/mol. The summed E-state index contributed by atoms with van der Waals surface area (Å²) in [6, 6.07) is 4.55. The summed E-state index contributed by atoms with van der Waals surface area (Å²) in [6.07, 6.45) is 0. The molecule has 1 unspecified atom stereocenters. The molecule has 0 radical (unpaired) electrons. The average Bonchev–Trinajstić information content (AvgIpc) is 2.19. The van der Waals surface area contributed by atoms with Crippen molar-refractivity contribution in [3.63, 3.8) is 0 Å². The Kier molecular flexibility index (Phi) is 4.17. The van der Waals surface area contributed by atoms with Crippen molar-refractivity contribution in [1.29, 1.82) is 0 Å². The summed E-state index contributed by atoms with van der Waals surface area (Å²) in [7, 11) is 0. The number of halogens is 2. The van der Waals surface area contributed by atoms with Crippen LogP contribution in [0.4, 0.5) is 10.1 Å². The van der Waals surface area contributed by atoms with E-state index < -0.39 is 5.82 Å². The van der Waals surface area contributed by atoms with Gasteiger partial charge in [0.05, 0.1) is 5.02 Å². The molecule has 1 aromatic rings. The molecule has 0 bridgehead atoms. The van der Waals surface area contributed by atoms with Crippen LogP contribution in [0.5, 0.6) is 0 Å². The maximum absolute atomic E-state index is 13.0. The van der Waals surface area contributed by atoms with E-state index in [9.17, 15) is 4.39 Å². The van der Waals surface area contributed by atoms with Gasteiger partial charge in [-0.3, -0.25) is 0 Å². The Labute approximate surface area is 87.7 Å². The third-order valence-electron chi connectivity index (χ3n) is 1.89. The number of nitrogens with one attached hydrogen (secondary N) is 1. The van der Waals surface area contributed by atoms with Gasteiger partial charge in [-0.2, -0.15) is 0 Å². The number of benzene rings is 1. The Hall–Kier alpha value is -0.800. The van der Waals surface area contributed by atoms with Crippen LogP contribution in [-0.2, 0) is 0 Å². The van der Waals surface area contributed by atoms with Crippen LogP contribution in [0.15, 0.2) is 18.2 Å². The molecular formula is C10H13ClFNO. The van der Waals surface area contributed by atoms with Crippen LogP contribution in [0, 0.1) is 11.7 Å². The maximum Gasteiger partial charge on any atom is 0.143 e. The first-order chi connectivity index (χ1) is 6.63. The number of anilines is 1. The monoisotopic (exact) mass is 217 g/mol. The molecule has 1 atom stereocenters. The summed E-state index contributed by atoms with van der Waals surface area (Å²) < 4.78 is 13.0. The molecule has 0 saturated carbocycles. The van der Waals surface area contributed by atoms with E-state index in [0.717, 1.165) is 0 Å². The van der Waals surface area contributed by atoms with E-state index in [1.807, 2.05) is 6.92 Å². The smallest absolute Gasteiger partial charge is 0.143 e. The van der Waals surface area contributed by atoms with Gasteiger partial charge in [-0.1, -0.05) is 18.5 Å². The number of hydrogen-bond donors (Lipinski definition) is 2. The lowest BCUT2D eigenvalue weighted by atomic mass is 10.2. The molecule has 14 heavy (non-hydrogen) atoms. The van der Waals surface area contributed by atoms with Crippen molar-refractivity contribution >= 4 is 17.3 Å². The Balaban J connectivity index is 2.55. The fraction of sp³-hybridized carbons (Fsp3) is 0.400. The molecule has 1 rings (SSSR count). The first-order valence-electron chi connectivity index (χ1n) is 4.43. The zero-order chi connectivity index (χ0) is 10.6. The van der Waals surface area contributed by atoms with Gasteiger partial charge in [0.1, 0.15) is 5.82 Å². The molecule has 1 aromatic carbocycles. The van der Waals surface area contributed by atoms with Gasteiger partial charge in [0.15, 0.2) is 0 Å². The Bertz CT molecular complexity index is 306. The second-order valence-corrected chi connectivity index (χ2v) is 3.70. The van der Waals surface area contributed by atoms with Gasteiger partial charge in [0, 0.05) is 18.8 Å². The van der Waals surface area contributed by atoms with E-state index in [2.05, 4.69) is 5.32 Å². The van der Waals surface area contributed by atoms with Crippen LogP contribution in [0.3, 0.4) is 0 Å². The molecule has 0 amide bonds. The molecule has 0 saturated heterocycles. The molecule has 0 heterocycles. The molecule has 0 aromatic heterocycles. The highest BCUT2D eigenvalue weighted by atomic mass is 35.5. The molecule has 0 aliphatic rings. The summed E-state index contributed by atoms with van der Waals surface area (Å²) >= 11 is 5.53. The first kappa shape index (κ1) is 11.3. The molecule has 4 heteroatoms. The summed E-state index contributed by atoms with van der Waals surface area (Å²) in [5, 5.41) is 11.9. The van der Waals surface area contributed by atoms with Gasteiger partial charge in [-0.25, -0.2) is 4.39 Å². The van der Waals surface area contributed by atoms with Crippen molar-refractivity contribution in [2.45, 2.75) is 6.92 Å². The fourth-order valence-electron chi connectivity index (χ4n) is 0.963. The Morgan fingerprint density at radius 2 is 2.29 bits per heavy atom. The van der Waals surface area contributed by atoms with Crippen molar-refractivity contribution in [2.24, 2.45) is 5.92 Å². The lowest BCUT2D eigenvalue weighted by Gasteiger charge is -2.10. The standard InChI is InChI=1S/C10H13ClFNO/c1-7(6-14)5-13-8-2-3-9(11)10(12)4-8/h2-4,7,13-14H,5-6H2,1H3. The minimum Gasteiger partial charge on any atom is -0.396 e. The third-order valence-corrected chi connectivity index (χ3v) is 2.19. The van der Waals surface area contributed by atoms with Crippen molar-refractivity contribution < 1.29 is 9.50 Å². The third kappa shape index (κ3) is 3.16. The summed E-state index contributed by atoms with van der Waals surface area (Å²) in [5.74, 6) is -0.290. The van der Waals surface area contributed by atoms with Gasteiger partial charge in [-0.05, 0) is 24.1 Å². The van der Waals surface area contributed by atoms with Gasteiger partial charge in [-0.15, -0.1) is 0 Å². The highest BCUT2D eigenvalue weighted by Crippen LogP contribution is 2.18. The quantitative estimate of drug-likeness (QED) is 0.813. The van der Waals surface area contributed by atoms with Gasteiger partial charge < -0.3 is 10.4 Å². The van der Waals surface area contributed by atoms with Crippen LogP contribution in [0.25, 0.3) is 0 Å². The Morgan fingerprint density at radius 1 is 1.57 bits per heavy atom. The first-order valence-corrected chi connectivity index (χ1v) is 4.81. The lowest BCUT2D eigenvalue weighted by molar-refractivity contribution is 0.244. The van der Waals surface area contributed by atoms with Gasteiger partial charge in [0.2, 0.25) is 0 Å². The van der Waals surface area contributed by atoms with Crippen molar-refractivity contribution in [3.8, 4) is 0 Å². The van der Waals surface area contributed by atoms with Crippen LogP contribution in [0.2, 0.25) is 5.02 Å². The predicted molar refractivity (Wildman–Crippen MR) is 56.1 cm³/mol. The zero-order valence-electron chi connectivity index (χ0n) is 7.93. The highest BCUT2D eigenvalue weighted by Gasteiger charge is 2.02. The van der Waals surface area contributed by atoms with Crippen molar-refractivity contribution in [2.75, 3.05) is 18.5 Å². The van der Waals surface area contributed by atoms with Gasteiger partial charge in [0.25, 0.3) is 0 Å². The van der Waals surface area contributed by atoms with Crippen LogP contribution < -0.4 is 5.32 Å². The van der Waals surface area contributed by atoms with Crippen molar-refractivity contribution in [1.82, 2.24) is 0 Å². The normalized spacial score (nSPS) is 12.6. The molecule has 0 aliphatic carbocycles. The second kappa shape index (κ2) is 5.17. The van der Waals surface area contributed by atoms with Crippen molar-refractivity contribution in [3.05, 3.63) is 29.0 Å². The summed E-state index contributed by atoms with van der Waals surface area (Å²) in [4.78, 5) is 0. The van der Waals surface area contributed by atoms with E-state index in [1.165, 1.54) is 12.1 Å². The predicted octanol–water partition coefficient (Wildman–Crippen LogP) is 2.52. The highest BCUT2D eigenvalue weighted by molar-refractivity contribution is 6.30. The lowest BCUT2D eigenvalue weighted by Crippen LogP contribution is -2.14. The largest absolute Gasteiger partial charge is 0.396 e. The van der Waals surface area contributed by atoms with E-state index in [-0.39, 0.29) is 17.5 Å². The number of aliphatic hydroxyl groups is 1. The maximum atomic E-state index is 13.0. The van der Waals surface area contributed by atoms with Crippen LogP contribution in [-0.4, -0.2) is 18.3 Å². The summed E-state index contributed by atoms with van der Waals surface area (Å²) in [6.45, 7) is 2.62. The van der Waals surface area contributed by atoms with Crippen LogP contribution in [0.1, 0.15) is 6.92 Å². The number of aliphatic hydroxyl groups excluding tert-OH is 1. The average molecular weight is 218 g/mol. The SMILES string of the molecule is CC(CO)CNc1ccc(Cl)c(F)c1. The molecule has 2 nitrogen and oxygen atoms in total. The molecule has 2 N–H and O–H groups in total. The zero-order valence-corrected chi connectivity index (χ0v) is 8.68. The molecule has 78 valence electrons. The number of rotatable bonds is 4. The minimum absolute atomic E-state index is 0.114. The van der Waals surface area contributed by atoms with E-state index in [1.54, 1.807) is 6.07 Å².